The van der Waals surface area contributed by atoms with E-state index in [1.165, 1.54) is 0 Å². The van der Waals surface area contributed by atoms with Gasteiger partial charge in [-0.15, -0.1) is 0 Å². The number of methoxy groups -OCH3 is 1. The Labute approximate surface area is 105 Å². The fraction of sp³-hybridized carbons (Fsp3) is 0.846. The molecule has 0 aromatic carbocycles. The Balaban J connectivity index is 4.17. The van der Waals surface area contributed by atoms with Crippen LogP contribution in [0.15, 0.2) is 0 Å². The van der Waals surface area contributed by atoms with E-state index < -0.39 is 0 Å². The van der Waals surface area contributed by atoms with E-state index in [-0.39, 0.29) is 11.3 Å². The molecule has 0 unspecified atom stereocenters. The number of nitriles is 1. The van der Waals surface area contributed by atoms with E-state index in [1.54, 1.807) is 12.0 Å². The smallest absolute Gasteiger partial charge is 0.222 e. The number of amides is 1. The van der Waals surface area contributed by atoms with E-state index in [1.807, 2.05) is 0 Å². The first-order valence-electron chi connectivity index (χ1n) is 6.04. The van der Waals surface area contributed by atoms with E-state index in [4.69, 9.17) is 10.00 Å². The molecule has 0 saturated heterocycles. The van der Waals surface area contributed by atoms with Gasteiger partial charge in [-0.1, -0.05) is 20.8 Å². The maximum absolute atomic E-state index is 12.0. The molecule has 0 rings (SSSR count). The normalized spacial score (nSPS) is 11.0. The monoisotopic (exact) mass is 240 g/mol. The third-order valence-electron chi connectivity index (χ3n) is 2.50. The van der Waals surface area contributed by atoms with E-state index in [9.17, 15) is 4.79 Å². The molecule has 0 radical (unpaired) electrons. The predicted octanol–water partition coefficient (Wildman–Crippen LogP) is 2.20. The summed E-state index contributed by atoms with van der Waals surface area (Å²) in [5, 5.41) is 8.56. The standard InChI is InChI=1S/C13H24N2O2/c1-13(2,3)7-6-12(16)15(9-5-8-14)10-11-17-4/h5-7,9-11H2,1-4H3. The predicted molar refractivity (Wildman–Crippen MR) is 67.4 cm³/mol. The van der Waals surface area contributed by atoms with Crippen LogP contribution in [0.3, 0.4) is 0 Å². The first kappa shape index (κ1) is 15.9. The SMILES string of the molecule is COCCN(CCC#N)C(=O)CCC(C)(C)C. The van der Waals surface area contributed by atoms with E-state index in [0.29, 0.717) is 32.5 Å². The summed E-state index contributed by atoms with van der Waals surface area (Å²) in [6.45, 7) is 7.95. The van der Waals surface area contributed by atoms with Crippen molar-refractivity contribution in [2.45, 2.75) is 40.0 Å². The van der Waals surface area contributed by atoms with Crippen molar-refractivity contribution < 1.29 is 9.53 Å². The Morgan fingerprint density at radius 2 is 2.00 bits per heavy atom. The lowest BCUT2D eigenvalue weighted by Crippen LogP contribution is -2.35. The summed E-state index contributed by atoms with van der Waals surface area (Å²) in [6, 6.07) is 2.07. The minimum atomic E-state index is 0.118. The second-order valence-corrected chi connectivity index (χ2v) is 5.34. The fourth-order valence-corrected chi connectivity index (χ4v) is 1.39. The van der Waals surface area contributed by atoms with Gasteiger partial charge in [-0.25, -0.2) is 0 Å². The number of rotatable bonds is 7. The summed E-state index contributed by atoms with van der Waals surface area (Å²) >= 11 is 0. The Hall–Kier alpha value is -1.08. The highest BCUT2D eigenvalue weighted by Gasteiger charge is 2.17. The van der Waals surface area contributed by atoms with Gasteiger partial charge in [0.2, 0.25) is 5.91 Å². The van der Waals surface area contributed by atoms with Crippen molar-refractivity contribution in [2.75, 3.05) is 26.8 Å². The molecule has 0 aromatic heterocycles. The van der Waals surface area contributed by atoms with Crippen LogP contribution in [-0.4, -0.2) is 37.6 Å². The van der Waals surface area contributed by atoms with Crippen LogP contribution >= 0.6 is 0 Å². The van der Waals surface area contributed by atoms with Crippen LogP contribution in [0, 0.1) is 16.7 Å². The molecule has 0 bridgehead atoms. The number of ether oxygens (including phenoxy) is 1. The van der Waals surface area contributed by atoms with E-state index >= 15 is 0 Å². The number of nitrogens with zero attached hydrogens (tertiary/aromatic N) is 2. The highest BCUT2D eigenvalue weighted by molar-refractivity contribution is 5.76. The summed E-state index contributed by atoms with van der Waals surface area (Å²) in [6.07, 6.45) is 1.78. The third kappa shape index (κ3) is 8.70. The Kier molecular flexibility index (Phi) is 7.56. The van der Waals surface area contributed by atoms with Crippen molar-refractivity contribution >= 4 is 5.91 Å². The van der Waals surface area contributed by atoms with Gasteiger partial charge in [-0.05, 0) is 11.8 Å². The van der Waals surface area contributed by atoms with Crippen LogP contribution in [0.5, 0.6) is 0 Å². The maximum Gasteiger partial charge on any atom is 0.222 e. The average Bonchev–Trinajstić information content (AvgIpc) is 2.25. The second-order valence-electron chi connectivity index (χ2n) is 5.34. The molecule has 1 amide bonds. The van der Waals surface area contributed by atoms with E-state index in [2.05, 4.69) is 26.8 Å². The quantitative estimate of drug-likeness (QED) is 0.685. The molecule has 0 heterocycles. The first-order chi connectivity index (χ1) is 7.90. The Morgan fingerprint density at radius 1 is 1.35 bits per heavy atom. The summed E-state index contributed by atoms with van der Waals surface area (Å²) in [5.74, 6) is 0.118. The molecular formula is C13H24N2O2. The van der Waals surface area contributed by atoms with Gasteiger partial charge < -0.3 is 9.64 Å². The lowest BCUT2D eigenvalue weighted by molar-refractivity contribution is -0.132. The molecule has 0 aliphatic rings. The van der Waals surface area contributed by atoms with Crippen LogP contribution in [0.25, 0.3) is 0 Å². The molecule has 0 aliphatic carbocycles. The molecule has 17 heavy (non-hydrogen) atoms. The van der Waals surface area contributed by atoms with Gasteiger partial charge in [0.1, 0.15) is 0 Å². The lowest BCUT2D eigenvalue weighted by Gasteiger charge is -2.24. The molecule has 0 fully saturated rings. The van der Waals surface area contributed by atoms with Crippen LogP contribution in [0.4, 0.5) is 0 Å². The van der Waals surface area contributed by atoms with Crippen LogP contribution in [0.1, 0.15) is 40.0 Å². The van der Waals surface area contributed by atoms with Gasteiger partial charge in [0.15, 0.2) is 0 Å². The molecule has 98 valence electrons. The summed E-state index contributed by atoms with van der Waals surface area (Å²) in [7, 11) is 1.61. The molecule has 0 saturated carbocycles. The van der Waals surface area contributed by atoms with Crippen molar-refractivity contribution in [3.63, 3.8) is 0 Å². The summed E-state index contributed by atoms with van der Waals surface area (Å²) < 4.78 is 4.97. The van der Waals surface area contributed by atoms with Crippen LogP contribution < -0.4 is 0 Å². The molecule has 0 atom stereocenters. The number of carbonyl (C=O) groups is 1. The zero-order valence-electron chi connectivity index (χ0n) is 11.5. The van der Waals surface area contributed by atoms with Crippen molar-refractivity contribution in [1.82, 2.24) is 4.90 Å². The van der Waals surface area contributed by atoms with Crippen molar-refractivity contribution in [2.24, 2.45) is 5.41 Å². The molecule has 0 spiro atoms. The van der Waals surface area contributed by atoms with Gasteiger partial charge in [0.05, 0.1) is 19.1 Å². The highest BCUT2D eigenvalue weighted by atomic mass is 16.5. The summed E-state index contributed by atoms with van der Waals surface area (Å²) in [4.78, 5) is 13.7. The number of carbonyl (C=O) groups excluding carboxylic acids is 1. The van der Waals surface area contributed by atoms with Gasteiger partial charge >= 0.3 is 0 Å². The molecule has 0 N–H and O–H groups in total. The van der Waals surface area contributed by atoms with E-state index in [0.717, 1.165) is 6.42 Å². The zero-order chi connectivity index (χ0) is 13.3. The number of hydrogen-bond acceptors (Lipinski definition) is 3. The highest BCUT2D eigenvalue weighted by Crippen LogP contribution is 2.21. The molecule has 0 aliphatic heterocycles. The van der Waals surface area contributed by atoms with Gasteiger partial charge in [-0.3, -0.25) is 4.79 Å². The van der Waals surface area contributed by atoms with Gasteiger partial charge in [0.25, 0.3) is 0 Å². The topological polar surface area (TPSA) is 53.3 Å². The molecular weight excluding hydrogens is 216 g/mol. The maximum atomic E-state index is 12.0. The lowest BCUT2D eigenvalue weighted by atomic mass is 9.90. The third-order valence-corrected chi connectivity index (χ3v) is 2.50. The largest absolute Gasteiger partial charge is 0.383 e. The Bertz CT molecular complexity index is 264. The summed E-state index contributed by atoms with van der Waals surface area (Å²) in [5.41, 5.74) is 0.164. The van der Waals surface area contributed by atoms with Crippen molar-refractivity contribution in [3.05, 3.63) is 0 Å². The first-order valence-corrected chi connectivity index (χ1v) is 6.04. The van der Waals surface area contributed by atoms with Crippen LogP contribution in [-0.2, 0) is 9.53 Å². The second kappa shape index (κ2) is 8.08. The Morgan fingerprint density at radius 3 is 2.47 bits per heavy atom. The van der Waals surface area contributed by atoms with Gasteiger partial charge in [0, 0.05) is 26.6 Å². The zero-order valence-corrected chi connectivity index (χ0v) is 11.5. The fourth-order valence-electron chi connectivity index (χ4n) is 1.39. The molecule has 4 nitrogen and oxygen atoms in total. The average molecular weight is 240 g/mol. The van der Waals surface area contributed by atoms with Gasteiger partial charge in [-0.2, -0.15) is 5.26 Å². The minimum absolute atomic E-state index is 0.118. The minimum Gasteiger partial charge on any atom is -0.383 e. The van der Waals surface area contributed by atoms with Crippen molar-refractivity contribution in [3.8, 4) is 6.07 Å². The van der Waals surface area contributed by atoms with Crippen molar-refractivity contribution in [1.29, 1.82) is 5.26 Å². The molecule has 4 heteroatoms. The number of hydrogen-bond donors (Lipinski definition) is 0. The van der Waals surface area contributed by atoms with Crippen LogP contribution in [0.2, 0.25) is 0 Å². The molecule has 0 aromatic rings.